The van der Waals surface area contributed by atoms with Gasteiger partial charge in [-0.25, -0.2) is 9.97 Å². The molecule has 2 aromatic heterocycles. The fourth-order valence-corrected chi connectivity index (χ4v) is 8.06. The van der Waals surface area contributed by atoms with Gasteiger partial charge >= 0.3 is 0 Å². The van der Waals surface area contributed by atoms with Crippen molar-refractivity contribution < 1.29 is 19.2 Å². The highest BCUT2D eigenvalue weighted by molar-refractivity contribution is 6.24. The lowest BCUT2D eigenvalue weighted by Crippen LogP contribution is -2.54. The zero-order chi connectivity index (χ0) is 40.1. The molecule has 8 rings (SSSR count). The number of nitrogens with one attached hydrogen (secondary N) is 1. The number of nitrogens with zero attached hydrogens (tertiary/aromatic N) is 6. The van der Waals surface area contributed by atoms with E-state index < -0.39 is 23.8 Å². The standard InChI is InChI=1S/C36H37N7O4.4C2H6/c44-31-14-13-30(34(45)39-31)43-35(46)27-8-4-7-24(32(27)36(43)47)20-40-15-17-41(18-16-40)25-9-11-26(12-10-25)42-21-29(23-5-2-1-3-6-23)28-19-37-22-38-33(28)42;4*1-2/h1-8,19,21-22,25-26,30H,9-18,20H2,(H,39,44,45);4*1-2H3. The van der Waals surface area contributed by atoms with Crippen molar-refractivity contribution in [3.8, 4) is 11.1 Å². The first-order valence-electron chi connectivity index (χ1n) is 20.6. The normalized spacial score (nSPS) is 21.1. The molecule has 1 saturated carbocycles. The molecule has 1 unspecified atom stereocenters. The molecule has 2 aromatic carbocycles. The Balaban J connectivity index is 0.000000792. The molecule has 0 spiro atoms. The van der Waals surface area contributed by atoms with Crippen molar-refractivity contribution in [3.05, 3.63) is 83.9 Å². The Morgan fingerprint density at radius 1 is 0.709 bits per heavy atom. The van der Waals surface area contributed by atoms with Crippen LogP contribution in [0.2, 0.25) is 0 Å². The summed E-state index contributed by atoms with van der Waals surface area (Å²) >= 11 is 0. The largest absolute Gasteiger partial charge is 0.329 e. The van der Waals surface area contributed by atoms with Crippen molar-refractivity contribution in [2.75, 3.05) is 26.2 Å². The summed E-state index contributed by atoms with van der Waals surface area (Å²) in [6.45, 7) is 20.2. The molecule has 4 aromatic rings. The number of imide groups is 2. The van der Waals surface area contributed by atoms with Crippen LogP contribution in [0, 0.1) is 0 Å². The van der Waals surface area contributed by atoms with Gasteiger partial charge < -0.3 is 4.57 Å². The molecular weight excluding hydrogens is 691 g/mol. The minimum Gasteiger partial charge on any atom is -0.329 e. The van der Waals surface area contributed by atoms with E-state index in [0.717, 1.165) is 73.4 Å². The average Bonchev–Trinajstić information content (AvgIpc) is 3.76. The maximum atomic E-state index is 13.5. The van der Waals surface area contributed by atoms with Crippen LogP contribution in [0.25, 0.3) is 22.2 Å². The van der Waals surface area contributed by atoms with E-state index in [1.807, 2.05) is 79.8 Å². The van der Waals surface area contributed by atoms with E-state index in [0.29, 0.717) is 29.8 Å². The molecule has 1 aliphatic carbocycles. The Morgan fingerprint density at radius 2 is 1.36 bits per heavy atom. The number of piperazine rings is 1. The molecule has 3 fully saturated rings. The van der Waals surface area contributed by atoms with E-state index in [1.54, 1.807) is 12.4 Å². The molecule has 11 nitrogen and oxygen atoms in total. The zero-order valence-electron chi connectivity index (χ0n) is 34.2. The maximum absolute atomic E-state index is 13.5. The number of benzene rings is 2. The molecule has 5 heterocycles. The van der Waals surface area contributed by atoms with Gasteiger partial charge in [0.25, 0.3) is 11.8 Å². The first-order valence-corrected chi connectivity index (χ1v) is 20.6. The predicted octanol–water partition coefficient (Wildman–Crippen LogP) is 7.91. The van der Waals surface area contributed by atoms with Gasteiger partial charge in [0.1, 0.15) is 18.0 Å². The second-order valence-electron chi connectivity index (χ2n) is 13.1. The fourth-order valence-electron chi connectivity index (χ4n) is 8.06. The van der Waals surface area contributed by atoms with Crippen LogP contribution < -0.4 is 5.32 Å². The van der Waals surface area contributed by atoms with E-state index >= 15 is 0 Å². The smallest absolute Gasteiger partial charge is 0.262 e. The lowest BCUT2D eigenvalue weighted by Gasteiger charge is -2.42. The molecule has 11 heteroatoms. The fraction of sp³-hybridized carbons (Fsp3) is 0.500. The monoisotopic (exact) mass is 751 g/mol. The number of hydrogen-bond acceptors (Lipinski definition) is 8. The summed E-state index contributed by atoms with van der Waals surface area (Å²) in [5, 5.41) is 3.36. The van der Waals surface area contributed by atoms with Crippen LogP contribution in [-0.4, -0.2) is 91.1 Å². The molecule has 0 radical (unpaired) electrons. The Hall–Kier alpha value is -4.74. The number of amides is 4. The van der Waals surface area contributed by atoms with Crippen LogP contribution in [0.1, 0.15) is 126 Å². The molecule has 3 aliphatic heterocycles. The van der Waals surface area contributed by atoms with Crippen molar-refractivity contribution in [2.45, 2.75) is 119 Å². The van der Waals surface area contributed by atoms with Gasteiger partial charge in [0.2, 0.25) is 11.8 Å². The minimum absolute atomic E-state index is 0.107. The quantitative estimate of drug-likeness (QED) is 0.198. The second kappa shape index (κ2) is 20.8. The number of carbonyl (C=O) groups is 4. The summed E-state index contributed by atoms with van der Waals surface area (Å²) in [4.78, 5) is 65.9. The van der Waals surface area contributed by atoms with Crippen LogP contribution >= 0.6 is 0 Å². The van der Waals surface area contributed by atoms with Crippen LogP contribution in [0.5, 0.6) is 0 Å². The number of hydrogen-bond donors (Lipinski definition) is 1. The van der Waals surface area contributed by atoms with Gasteiger partial charge in [-0.1, -0.05) is 97.9 Å². The number of carbonyl (C=O) groups excluding carboxylic acids is 4. The first kappa shape index (κ1) is 43.0. The van der Waals surface area contributed by atoms with Crippen molar-refractivity contribution in [2.24, 2.45) is 0 Å². The van der Waals surface area contributed by atoms with Crippen LogP contribution in [-0.2, 0) is 16.1 Å². The first-order chi connectivity index (χ1) is 27.0. The maximum Gasteiger partial charge on any atom is 0.262 e. The molecule has 0 bridgehead atoms. The van der Waals surface area contributed by atoms with Crippen LogP contribution in [0.4, 0.5) is 0 Å². The Morgan fingerprint density at radius 3 is 2.02 bits per heavy atom. The van der Waals surface area contributed by atoms with Gasteiger partial charge in [-0.05, 0) is 49.3 Å². The van der Waals surface area contributed by atoms with Crippen molar-refractivity contribution >= 4 is 34.7 Å². The summed E-state index contributed by atoms with van der Waals surface area (Å²) in [5.74, 6) is -1.87. The molecular formula is C44H61N7O4. The summed E-state index contributed by atoms with van der Waals surface area (Å²) in [5.41, 5.74) is 4.90. The van der Waals surface area contributed by atoms with Crippen LogP contribution in [0.15, 0.2) is 67.3 Å². The van der Waals surface area contributed by atoms with Gasteiger partial charge in [0.05, 0.1) is 11.1 Å². The van der Waals surface area contributed by atoms with Crippen molar-refractivity contribution in [1.29, 1.82) is 0 Å². The highest BCUT2D eigenvalue weighted by Crippen LogP contribution is 2.37. The third-order valence-corrected chi connectivity index (χ3v) is 10.5. The van der Waals surface area contributed by atoms with E-state index in [2.05, 4.69) is 60.1 Å². The molecule has 4 amide bonds. The van der Waals surface area contributed by atoms with E-state index in [-0.39, 0.29) is 18.7 Å². The molecule has 55 heavy (non-hydrogen) atoms. The average molecular weight is 752 g/mol. The van der Waals surface area contributed by atoms with Crippen molar-refractivity contribution in [3.63, 3.8) is 0 Å². The number of rotatable bonds is 6. The summed E-state index contributed by atoms with van der Waals surface area (Å²) in [6.07, 6.45) is 10.6. The third-order valence-electron chi connectivity index (χ3n) is 10.5. The Bertz CT molecular complexity index is 1880. The van der Waals surface area contributed by atoms with Gasteiger partial charge in [-0.3, -0.25) is 39.2 Å². The lowest BCUT2D eigenvalue weighted by molar-refractivity contribution is -0.136. The van der Waals surface area contributed by atoms with E-state index in [4.69, 9.17) is 0 Å². The zero-order valence-corrected chi connectivity index (χ0v) is 34.2. The number of piperidine rings is 1. The number of aromatic nitrogens is 3. The molecule has 296 valence electrons. The highest BCUT2D eigenvalue weighted by Gasteiger charge is 2.45. The van der Waals surface area contributed by atoms with E-state index in [1.165, 1.54) is 11.1 Å². The Kier molecular flexibility index (Phi) is 16.3. The van der Waals surface area contributed by atoms with Gasteiger partial charge in [0.15, 0.2) is 0 Å². The summed E-state index contributed by atoms with van der Waals surface area (Å²) in [7, 11) is 0. The molecule has 1 atom stereocenters. The third kappa shape index (κ3) is 9.22. The SMILES string of the molecule is CC.CC.CC.CC.O=C1CCC(N2C(=O)c3cccc(CN4CCN(C5CCC(n6cc(-c7ccccc7)c7cncnc76)CC5)CC4)c3C2=O)C(=O)N1. The predicted molar refractivity (Wildman–Crippen MR) is 220 cm³/mol. The minimum atomic E-state index is -0.956. The summed E-state index contributed by atoms with van der Waals surface area (Å²) in [6, 6.07) is 15.8. The molecule has 2 saturated heterocycles. The van der Waals surface area contributed by atoms with E-state index in [9.17, 15) is 19.2 Å². The number of fused-ring (bicyclic) bond motifs is 2. The van der Waals surface area contributed by atoms with Gasteiger partial charge in [0, 0.05) is 74.6 Å². The lowest BCUT2D eigenvalue weighted by atomic mass is 9.89. The van der Waals surface area contributed by atoms with Crippen LogP contribution in [0.3, 0.4) is 0 Å². The Labute approximate surface area is 327 Å². The van der Waals surface area contributed by atoms with Gasteiger partial charge in [-0.2, -0.15) is 0 Å². The molecule has 1 N–H and O–H groups in total. The highest BCUT2D eigenvalue weighted by atomic mass is 16.2. The molecule has 4 aliphatic rings. The topological polar surface area (TPSA) is 121 Å². The summed E-state index contributed by atoms with van der Waals surface area (Å²) < 4.78 is 2.37. The second-order valence-corrected chi connectivity index (χ2v) is 13.1. The van der Waals surface area contributed by atoms with Gasteiger partial charge in [-0.15, -0.1) is 0 Å². The van der Waals surface area contributed by atoms with Crippen molar-refractivity contribution in [1.82, 2.24) is 34.6 Å².